The molecule has 1 amide bonds. The molecule has 31 heavy (non-hydrogen) atoms. The number of esters is 1. The molecule has 162 valence electrons. The van der Waals surface area contributed by atoms with Gasteiger partial charge < -0.3 is 14.8 Å². The van der Waals surface area contributed by atoms with Crippen molar-refractivity contribution in [3.8, 4) is 11.8 Å². The van der Waals surface area contributed by atoms with Gasteiger partial charge in [-0.25, -0.2) is 18.4 Å². The molecule has 2 aromatic rings. The highest BCUT2D eigenvalue weighted by Crippen LogP contribution is 2.14. The van der Waals surface area contributed by atoms with Gasteiger partial charge in [0.1, 0.15) is 17.4 Å². The topological polar surface area (TPSA) is 149 Å². The average Bonchev–Trinajstić information content (AvgIpc) is 2.76. The highest BCUT2D eigenvalue weighted by Gasteiger charge is 2.13. The number of benzene rings is 2. The molecule has 0 fully saturated rings. The van der Waals surface area contributed by atoms with Crippen molar-refractivity contribution in [2.24, 2.45) is 5.14 Å². The van der Waals surface area contributed by atoms with Crippen LogP contribution in [0, 0.1) is 11.3 Å². The highest BCUT2D eigenvalue weighted by molar-refractivity contribution is 7.89. The number of nitrogens with one attached hydrogen (secondary N) is 1. The molecule has 0 spiro atoms. The first-order valence-corrected chi connectivity index (χ1v) is 10.6. The number of carbonyl (C=O) groups is 2. The predicted octanol–water partition coefficient (Wildman–Crippen LogP) is 1.15. The van der Waals surface area contributed by atoms with E-state index >= 15 is 0 Å². The maximum Gasteiger partial charge on any atom is 0.349 e. The number of nitrogens with zero attached hydrogens (tertiary/aromatic N) is 1. The third-order valence-corrected chi connectivity index (χ3v) is 5.02. The SMILES string of the molecule is COc1ccc(/C=C(\C#N)C(=O)OCC(=O)NCCc2ccc(S(N)(=O)=O)cc2)cc1. The van der Waals surface area contributed by atoms with E-state index in [1.165, 1.54) is 25.3 Å². The smallest absolute Gasteiger partial charge is 0.349 e. The van der Waals surface area contributed by atoms with E-state index in [1.807, 2.05) is 0 Å². The summed E-state index contributed by atoms with van der Waals surface area (Å²) in [7, 11) is -2.23. The molecule has 10 heteroatoms. The van der Waals surface area contributed by atoms with Crippen molar-refractivity contribution in [2.75, 3.05) is 20.3 Å². The summed E-state index contributed by atoms with van der Waals surface area (Å²) in [4.78, 5) is 23.9. The zero-order valence-electron chi connectivity index (χ0n) is 16.7. The largest absolute Gasteiger partial charge is 0.497 e. The maximum absolute atomic E-state index is 12.0. The number of hydrogen-bond donors (Lipinski definition) is 2. The minimum Gasteiger partial charge on any atom is -0.497 e. The van der Waals surface area contributed by atoms with Gasteiger partial charge in [-0.3, -0.25) is 4.79 Å². The molecule has 0 unspecified atom stereocenters. The Morgan fingerprint density at radius 1 is 1.13 bits per heavy atom. The summed E-state index contributed by atoms with van der Waals surface area (Å²) in [5, 5.41) is 16.8. The molecule has 0 bridgehead atoms. The average molecular weight is 443 g/mol. The maximum atomic E-state index is 12.0. The molecule has 0 saturated heterocycles. The Bertz CT molecular complexity index is 1100. The minimum atomic E-state index is -3.75. The van der Waals surface area contributed by atoms with Crippen molar-refractivity contribution in [3.63, 3.8) is 0 Å². The molecule has 0 aliphatic carbocycles. The number of methoxy groups -OCH3 is 1. The van der Waals surface area contributed by atoms with Crippen LogP contribution in [0.5, 0.6) is 5.75 Å². The lowest BCUT2D eigenvalue weighted by atomic mass is 10.1. The van der Waals surface area contributed by atoms with Crippen LogP contribution in [-0.4, -0.2) is 40.6 Å². The standard InChI is InChI=1S/C21H21N3O6S/c1-29-18-6-2-16(3-7-18)12-17(13-22)21(26)30-14-20(25)24-11-10-15-4-8-19(9-5-15)31(23,27)28/h2-9,12H,10-11,14H2,1H3,(H,24,25)(H2,23,27,28)/b17-12+. The lowest BCUT2D eigenvalue weighted by Crippen LogP contribution is -2.30. The summed E-state index contributed by atoms with van der Waals surface area (Å²) in [6.45, 7) is -0.289. The van der Waals surface area contributed by atoms with Crippen LogP contribution in [0.2, 0.25) is 0 Å². The van der Waals surface area contributed by atoms with Gasteiger partial charge in [-0.2, -0.15) is 5.26 Å². The third kappa shape index (κ3) is 7.58. The molecule has 0 radical (unpaired) electrons. The number of nitriles is 1. The van der Waals surface area contributed by atoms with Crippen LogP contribution in [0.3, 0.4) is 0 Å². The summed E-state index contributed by atoms with van der Waals surface area (Å²) in [6.07, 6.45) is 1.79. The molecule has 0 aliphatic heterocycles. The van der Waals surface area contributed by atoms with Crippen LogP contribution >= 0.6 is 0 Å². The number of ether oxygens (including phenoxy) is 2. The lowest BCUT2D eigenvalue weighted by molar-refractivity contribution is -0.144. The number of nitrogens with two attached hydrogens (primary N) is 1. The van der Waals surface area contributed by atoms with Crippen LogP contribution in [0.1, 0.15) is 11.1 Å². The first kappa shape index (κ1) is 23.6. The van der Waals surface area contributed by atoms with Crippen LogP contribution < -0.4 is 15.2 Å². The van der Waals surface area contributed by atoms with Crippen LogP contribution in [0.25, 0.3) is 6.08 Å². The second-order valence-corrected chi connectivity index (χ2v) is 7.87. The first-order valence-electron chi connectivity index (χ1n) is 9.04. The van der Waals surface area contributed by atoms with Gasteiger partial charge in [-0.1, -0.05) is 24.3 Å². The number of sulfonamides is 1. The van der Waals surface area contributed by atoms with Gasteiger partial charge in [0, 0.05) is 6.54 Å². The molecular formula is C21H21N3O6S. The van der Waals surface area contributed by atoms with Gasteiger partial charge in [0.2, 0.25) is 10.0 Å². The second-order valence-electron chi connectivity index (χ2n) is 6.31. The van der Waals surface area contributed by atoms with E-state index in [0.29, 0.717) is 17.7 Å². The summed E-state index contributed by atoms with van der Waals surface area (Å²) < 4.78 is 32.4. The third-order valence-electron chi connectivity index (χ3n) is 4.09. The fourth-order valence-electron chi connectivity index (χ4n) is 2.46. The first-order chi connectivity index (χ1) is 14.7. The van der Waals surface area contributed by atoms with E-state index < -0.39 is 28.5 Å². The fourth-order valence-corrected chi connectivity index (χ4v) is 2.97. The normalized spacial score (nSPS) is 11.3. The fraction of sp³-hybridized carbons (Fsp3) is 0.190. The minimum absolute atomic E-state index is 0.00295. The molecule has 0 aliphatic rings. The molecule has 3 N–H and O–H groups in total. The molecule has 0 aromatic heterocycles. The Balaban J connectivity index is 1.80. The monoisotopic (exact) mass is 443 g/mol. The van der Waals surface area contributed by atoms with Crippen molar-refractivity contribution in [3.05, 3.63) is 65.2 Å². The van der Waals surface area contributed by atoms with Gasteiger partial charge in [0.05, 0.1) is 12.0 Å². The van der Waals surface area contributed by atoms with E-state index in [4.69, 9.17) is 14.6 Å². The van der Waals surface area contributed by atoms with E-state index in [9.17, 15) is 23.3 Å². The van der Waals surface area contributed by atoms with E-state index in [0.717, 1.165) is 5.56 Å². The zero-order chi connectivity index (χ0) is 22.9. The number of carbonyl (C=O) groups excluding carboxylic acids is 2. The lowest BCUT2D eigenvalue weighted by Gasteiger charge is -2.07. The number of rotatable bonds is 9. The molecule has 2 rings (SSSR count). The summed E-state index contributed by atoms with van der Waals surface area (Å²) in [5.41, 5.74) is 1.15. The Kier molecular flexibility index (Phi) is 8.31. The van der Waals surface area contributed by atoms with E-state index in [1.54, 1.807) is 42.5 Å². The van der Waals surface area contributed by atoms with Crippen molar-refractivity contribution in [1.29, 1.82) is 5.26 Å². The van der Waals surface area contributed by atoms with Crippen molar-refractivity contribution in [1.82, 2.24) is 5.32 Å². The molecule has 9 nitrogen and oxygen atoms in total. The van der Waals surface area contributed by atoms with Gasteiger partial charge in [-0.15, -0.1) is 0 Å². The van der Waals surface area contributed by atoms with Crippen molar-refractivity contribution >= 4 is 28.0 Å². The van der Waals surface area contributed by atoms with Crippen LogP contribution in [0.15, 0.2) is 59.0 Å². The Hall–Kier alpha value is -3.68. The molecule has 2 aromatic carbocycles. The quantitative estimate of drug-likeness (QED) is 0.335. The van der Waals surface area contributed by atoms with Crippen LogP contribution in [-0.2, 0) is 30.8 Å². The number of amides is 1. The molecular weight excluding hydrogens is 422 g/mol. The summed E-state index contributed by atoms with van der Waals surface area (Å²) in [6, 6.07) is 14.4. The van der Waals surface area contributed by atoms with E-state index in [2.05, 4.69) is 5.32 Å². The molecule has 0 heterocycles. The molecule has 0 saturated carbocycles. The summed E-state index contributed by atoms with van der Waals surface area (Å²) >= 11 is 0. The Morgan fingerprint density at radius 2 is 1.77 bits per heavy atom. The van der Waals surface area contributed by atoms with Gasteiger partial charge in [0.15, 0.2) is 6.61 Å². The van der Waals surface area contributed by atoms with Crippen molar-refractivity contribution in [2.45, 2.75) is 11.3 Å². The van der Waals surface area contributed by atoms with Gasteiger partial charge in [0.25, 0.3) is 5.91 Å². The number of primary sulfonamides is 1. The zero-order valence-corrected chi connectivity index (χ0v) is 17.5. The molecule has 0 atom stereocenters. The van der Waals surface area contributed by atoms with Crippen molar-refractivity contribution < 1.29 is 27.5 Å². The Labute approximate surface area is 180 Å². The van der Waals surface area contributed by atoms with Gasteiger partial charge in [-0.05, 0) is 47.9 Å². The van der Waals surface area contributed by atoms with Crippen LogP contribution in [0.4, 0.5) is 0 Å². The summed E-state index contributed by atoms with van der Waals surface area (Å²) in [5.74, 6) is -0.807. The van der Waals surface area contributed by atoms with Gasteiger partial charge >= 0.3 is 5.97 Å². The highest BCUT2D eigenvalue weighted by atomic mass is 32.2. The Morgan fingerprint density at radius 3 is 2.32 bits per heavy atom. The second kappa shape index (κ2) is 10.9. The predicted molar refractivity (Wildman–Crippen MR) is 112 cm³/mol. The number of hydrogen-bond acceptors (Lipinski definition) is 7. The van der Waals surface area contributed by atoms with E-state index in [-0.39, 0.29) is 17.0 Å².